The maximum Gasteiger partial charge on any atom is 0.227 e. The summed E-state index contributed by atoms with van der Waals surface area (Å²) < 4.78 is 5.60. The summed E-state index contributed by atoms with van der Waals surface area (Å²) in [4.78, 5) is 19.8. The number of rotatable bonds is 7. The third-order valence-corrected chi connectivity index (χ3v) is 6.13. The first-order chi connectivity index (χ1) is 14.7. The number of hydrogen-bond acceptors (Lipinski definition) is 4. The monoisotopic (exact) mass is 405 g/mol. The highest BCUT2D eigenvalue weighted by atomic mass is 16.5. The molecule has 158 valence electrons. The molecule has 2 aliphatic rings. The SMILES string of the molecule is CCNC(=O)[C@]1(Cc2cccc(-c3cccnc3)c2)CCN(CC2=CCCOC2)C1. The van der Waals surface area contributed by atoms with Gasteiger partial charge in [0, 0.05) is 32.0 Å². The van der Waals surface area contributed by atoms with Crippen molar-refractivity contribution in [2.75, 3.05) is 39.4 Å². The molecule has 1 N–H and O–H groups in total. The molecule has 5 nitrogen and oxygen atoms in total. The van der Waals surface area contributed by atoms with Crippen LogP contribution in [-0.2, 0) is 16.0 Å². The van der Waals surface area contributed by atoms with E-state index in [0.29, 0.717) is 6.54 Å². The number of nitrogens with one attached hydrogen (secondary N) is 1. The Morgan fingerprint density at radius 3 is 2.93 bits per heavy atom. The number of likely N-dealkylation sites (tertiary alicyclic amines) is 1. The van der Waals surface area contributed by atoms with Gasteiger partial charge in [-0.15, -0.1) is 0 Å². The van der Waals surface area contributed by atoms with Gasteiger partial charge in [0.1, 0.15) is 0 Å². The van der Waals surface area contributed by atoms with Gasteiger partial charge in [0.25, 0.3) is 0 Å². The molecule has 1 fully saturated rings. The fourth-order valence-electron chi connectivity index (χ4n) is 4.64. The third kappa shape index (κ3) is 4.79. The minimum absolute atomic E-state index is 0.174. The second-order valence-corrected chi connectivity index (χ2v) is 8.42. The number of hydrogen-bond donors (Lipinski definition) is 1. The molecular weight excluding hydrogens is 374 g/mol. The average molecular weight is 406 g/mol. The molecule has 1 saturated heterocycles. The minimum Gasteiger partial charge on any atom is -0.377 e. The van der Waals surface area contributed by atoms with Crippen LogP contribution in [0.3, 0.4) is 0 Å². The zero-order valence-corrected chi connectivity index (χ0v) is 17.8. The summed E-state index contributed by atoms with van der Waals surface area (Å²) in [5.74, 6) is 0.174. The Kier molecular flexibility index (Phi) is 6.60. The minimum atomic E-state index is -0.389. The van der Waals surface area contributed by atoms with E-state index in [1.54, 1.807) is 6.20 Å². The summed E-state index contributed by atoms with van der Waals surface area (Å²) in [7, 11) is 0. The normalized spacial score (nSPS) is 22.0. The van der Waals surface area contributed by atoms with Gasteiger partial charge in [0.15, 0.2) is 0 Å². The average Bonchev–Trinajstić information content (AvgIpc) is 3.19. The molecule has 0 spiro atoms. The lowest BCUT2D eigenvalue weighted by molar-refractivity contribution is -0.130. The van der Waals surface area contributed by atoms with E-state index in [1.807, 2.05) is 19.2 Å². The highest BCUT2D eigenvalue weighted by Gasteiger charge is 2.44. The Labute approximate surface area is 179 Å². The smallest absolute Gasteiger partial charge is 0.227 e. The Hall–Kier alpha value is -2.50. The molecule has 3 heterocycles. The molecule has 0 aliphatic carbocycles. The van der Waals surface area contributed by atoms with Gasteiger partial charge in [0.2, 0.25) is 5.91 Å². The number of amides is 1. The molecule has 0 bridgehead atoms. The molecule has 2 aliphatic heterocycles. The lowest BCUT2D eigenvalue weighted by atomic mass is 9.79. The van der Waals surface area contributed by atoms with Crippen molar-refractivity contribution in [3.8, 4) is 11.1 Å². The van der Waals surface area contributed by atoms with Gasteiger partial charge in [-0.3, -0.25) is 14.7 Å². The third-order valence-electron chi connectivity index (χ3n) is 6.13. The number of carbonyl (C=O) groups excluding carboxylic acids is 1. The van der Waals surface area contributed by atoms with Gasteiger partial charge in [0.05, 0.1) is 18.6 Å². The molecular formula is C25H31N3O2. The van der Waals surface area contributed by atoms with Crippen molar-refractivity contribution in [2.24, 2.45) is 5.41 Å². The Morgan fingerprint density at radius 2 is 2.17 bits per heavy atom. The van der Waals surface area contributed by atoms with Crippen LogP contribution in [-0.4, -0.2) is 55.2 Å². The van der Waals surface area contributed by atoms with Crippen LogP contribution in [0.1, 0.15) is 25.3 Å². The van der Waals surface area contributed by atoms with Gasteiger partial charge in [-0.05, 0) is 61.1 Å². The standard InChI is InChI=1S/C25H31N3O2/c1-2-27-24(29)25(10-12-28(19-25)17-21-7-5-13-30-18-21)15-20-6-3-8-22(14-20)23-9-4-11-26-16-23/h3-4,6-9,11,14,16H,2,5,10,12-13,15,17-19H2,1H3,(H,27,29)/t25-/m0/s1. The molecule has 0 saturated carbocycles. The molecule has 0 unspecified atom stereocenters. The van der Waals surface area contributed by atoms with Crippen LogP contribution in [0.2, 0.25) is 0 Å². The van der Waals surface area contributed by atoms with Crippen molar-refractivity contribution in [3.05, 3.63) is 66.0 Å². The number of nitrogens with zero attached hydrogens (tertiary/aromatic N) is 2. The summed E-state index contributed by atoms with van der Waals surface area (Å²) in [6.07, 6.45) is 8.59. The van der Waals surface area contributed by atoms with E-state index < -0.39 is 0 Å². The molecule has 1 atom stereocenters. The first-order valence-corrected chi connectivity index (χ1v) is 10.9. The number of pyridine rings is 1. The fourth-order valence-corrected chi connectivity index (χ4v) is 4.64. The molecule has 5 heteroatoms. The van der Waals surface area contributed by atoms with Crippen LogP contribution in [0.25, 0.3) is 11.1 Å². The quantitative estimate of drug-likeness (QED) is 0.717. The van der Waals surface area contributed by atoms with Crippen LogP contribution < -0.4 is 5.32 Å². The van der Waals surface area contributed by atoms with Gasteiger partial charge in [-0.2, -0.15) is 0 Å². The van der Waals surface area contributed by atoms with Crippen LogP contribution in [0.4, 0.5) is 0 Å². The van der Waals surface area contributed by atoms with Crippen LogP contribution in [0.5, 0.6) is 0 Å². The molecule has 4 rings (SSSR count). The molecule has 0 radical (unpaired) electrons. The number of ether oxygens (including phenoxy) is 1. The Balaban J connectivity index is 1.53. The first kappa shape index (κ1) is 20.8. The predicted octanol–water partition coefficient (Wildman–Crippen LogP) is 3.47. The van der Waals surface area contributed by atoms with Crippen molar-refractivity contribution in [2.45, 2.75) is 26.2 Å². The number of benzene rings is 1. The van der Waals surface area contributed by atoms with Crippen molar-refractivity contribution in [1.29, 1.82) is 0 Å². The summed E-state index contributed by atoms with van der Waals surface area (Å²) in [6.45, 7) is 6.82. The second-order valence-electron chi connectivity index (χ2n) is 8.42. The van der Waals surface area contributed by atoms with Crippen LogP contribution in [0.15, 0.2) is 60.4 Å². The van der Waals surface area contributed by atoms with Crippen molar-refractivity contribution in [1.82, 2.24) is 15.2 Å². The lowest BCUT2D eigenvalue weighted by Gasteiger charge is -2.29. The van der Waals surface area contributed by atoms with E-state index in [9.17, 15) is 4.79 Å². The highest BCUT2D eigenvalue weighted by molar-refractivity contribution is 5.83. The van der Waals surface area contributed by atoms with Gasteiger partial charge < -0.3 is 10.1 Å². The topological polar surface area (TPSA) is 54.5 Å². The molecule has 1 aromatic heterocycles. The summed E-state index contributed by atoms with van der Waals surface area (Å²) in [5.41, 5.74) is 4.39. The van der Waals surface area contributed by atoms with Crippen molar-refractivity contribution >= 4 is 5.91 Å². The maximum atomic E-state index is 13.2. The lowest BCUT2D eigenvalue weighted by Crippen LogP contribution is -2.44. The van der Waals surface area contributed by atoms with E-state index in [4.69, 9.17) is 4.74 Å². The van der Waals surface area contributed by atoms with E-state index in [2.05, 4.69) is 51.6 Å². The number of aromatic nitrogens is 1. The fraction of sp³-hybridized carbons (Fsp3) is 0.440. The van der Waals surface area contributed by atoms with E-state index in [1.165, 1.54) is 11.1 Å². The molecule has 1 aromatic carbocycles. The van der Waals surface area contributed by atoms with Crippen molar-refractivity contribution in [3.63, 3.8) is 0 Å². The van der Waals surface area contributed by atoms with Gasteiger partial charge >= 0.3 is 0 Å². The van der Waals surface area contributed by atoms with Crippen LogP contribution >= 0.6 is 0 Å². The molecule has 1 amide bonds. The number of carbonyl (C=O) groups is 1. The van der Waals surface area contributed by atoms with Crippen molar-refractivity contribution < 1.29 is 9.53 Å². The zero-order chi connectivity index (χ0) is 20.8. The summed E-state index contributed by atoms with van der Waals surface area (Å²) in [5, 5.41) is 3.10. The Bertz CT molecular complexity index is 896. The zero-order valence-electron chi connectivity index (χ0n) is 17.8. The predicted molar refractivity (Wildman–Crippen MR) is 119 cm³/mol. The van der Waals surface area contributed by atoms with E-state index >= 15 is 0 Å². The van der Waals surface area contributed by atoms with Crippen LogP contribution in [0, 0.1) is 5.41 Å². The first-order valence-electron chi connectivity index (χ1n) is 10.9. The summed E-state index contributed by atoms with van der Waals surface area (Å²) in [6, 6.07) is 12.6. The largest absolute Gasteiger partial charge is 0.377 e. The Morgan fingerprint density at radius 1 is 1.27 bits per heavy atom. The van der Waals surface area contributed by atoms with E-state index in [0.717, 1.165) is 63.2 Å². The second kappa shape index (κ2) is 9.54. The molecule has 30 heavy (non-hydrogen) atoms. The van der Waals surface area contributed by atoms with Gasteiger partial charge in [-0.1, -0.05) is 36.4 Å². The summed E-state index contributed by atoms with van der Waals surface area (Å²) >= 11 is 0. The van der Waals surface area contributed by atoms with E-state index in [-0.39, 0.29) is 11.3 Å². The highest BCUT2D eigenvalue weighted by Crippen LogP contribution is 2.36. The maximum absolute atomic E-state index is 13.2. The molecule has 2 aromatic rings. The van der Waals surface area contributed by atoms with Gasteiger partial charge in [-0.25, -0.2) is 0 Å².